The summed E-state index contributed by atoms with van der Waals surface area (Å²) in [6.45, 7) is 9.44. The van der Waals surface area contributed by atoms with Crippen LogP contribution in [-0.2, 0) is 0 Å². The van der Waals surface area contributed by atoms with Gasteiger partial charge in [0.25, 0.3) is 0 Å². The number of nitrogens with one attached hydrogen (secondary N) is 2. The van der Waals surface area contributed by atoms with Gasteiger partial charge in [-0.25, -0.2) is 0 Å². The molecule has 0 spiro atoms. The van der Waals surface area contributed by atoms with Gasteiger partial charge in [-0.15, -0.1) is 7.92 Å². The molecule has 0 radical (unpaired) electrons. The lowest BCUT2D eigenvalue weighted by atomic mass is 10.3. The molecular weight excluding hydrogens is 315 g/mol. The molecule has 3 nitrogen and oxygen atoms in total. The summed E-state index contributed by atoms with van der Waals surface area (Å²) in [6.07, 6.45) is 16.2. The number of aromatic amines is 1. The molecule has 0 aliphatic carbocycles. The van der Waals surface area contributed by atoms with Crippen LogP contribution in [0.2, 0.25) is 0 Å². The van der Waals surface area contributed by atoms with Crippen molar-refractivity contribution in [1.29, 1.82) is 0 Å². The Morgan fingerprint density at radius 2 is 1.38 bits per heavy atom. The number of H-pyrrole nitrogens is 1. The monoisotopic (exact) mass is 354 g/mol. The van der Waals surface area contributed by atoms with E-state index in [1.165, 1.54) is 64.1 Å². The Bertz CT molecular complexity index is 364. The molecule has 24 heavy (non-hydrogen) atoms. The quantitative estimate of drug-likeness (QED) is 0.597. The molecular formula is C20H39N2OP. The van der Waals surface area contributed by atoms with Gasteiger partial charge in [0.05, 0.1) is 0 Å². The third-order valence-electron chi connectivity index (χ3n) is 3.87. The molecule has 0 saturated carbocycles. The average molecular weight is 355 g/mol. The van der Waals surface area contributed by atoms with E-state index in [0.29, 0.717) is 7.92 Å². The van der Waals surface area contributed by atoms with Crippen LogP contribution in [0.4, 0.5) is 0 Å². The molecule has 0 bridgehead atoms. The third-order valence-corrected chi connectivity index (χ3v) is 6.72. The molecule has 1 aromatic rings. The zero-order valence-electron chi connectivity index (χ0n) is 16.2. The summed E-state index contributed by atoms with van der Waals surface area (Å²) in [5, 5.41) is 3.11. The number of rotatable bonds is 9. The highest BCUT2D eigenvalue weighted by atomic mass is 31.1. The van der Waals surface area contributed by atoms with E-state index in [0.717, 1.165) is 0 Å². The summed E-state index contributed by atoms with van der Waals surface area (Å²) in [5.41, 5.74) is -0.0532. The summed E-state index contributed by atoms with van der Waals surface area (Å²) in [7, 11) is 0.422. The topological polar surface area (TPSA) is 44.9 Å². The van der Waals surface area contributed by atoms with Gasteiger partial charge in [0.1, 0.15) is 0 Å². The molecule has 1 aliphatic heterocycles. The molecule has 1 saturated heterocycles. The van der Waals surface area contributed by atoms with Crippen molar-refractivity contribution in [2.24, 2.45) is 0 Å². The van der Waals surface area contributed by atoms with Crippen molar-refractivity contribution in [3.05, 3.63) is 34.7 Å². The van der Waals surface area contributed by atoms with Crippen LogP contribution >= 0.6 is 7.92 Å². The minimum absolute atomic E-state index is 0.0532. The summed E-state index contributed by atoms with van der Waals surface area (Å²) < 4.78 is 0. The molecule has 2 rings (SSSR count). The Labute approximate surface area is 150 Å². The minimum atomic E-state index is -0.0532. The van der Waals surface area contributed by atoms with Crippen LogP contribution in [0.3, 0.4) is 0 Å². The fourth-order valence-corrected chi connectivity index (χ4v) is 5.00. The molecule has 0 unspecified atom stereocenters. The minimum Gasteiger partial charge on any atom is -0.329 e. The molecule has 2 N–H and O–H groups in total. The maximum atomic E-state index is 10.2. The lowest BCUT2D eigenvalue weighted by Crippen LogP contribution is -2.29. The van der Waals surface area contributed by atoms with E-state index in [1.54, 1.807) is 36.8 Å². The fourth-order valence-electron chi connectivity index (χ4n) is 2.03. The first-order valence-electron chi connectivity index (χ1n) is 9.81. The maximum absolute atomic E-state index is 10.2. The van der Waals surface area contributed by atoms with E-state index < -0.39 is 0 Å². The van der Waals surface area contributed by atoms with Gasteiger partial charge >= 0.3 is 0 Å². The van der Waals surface area contributed by atoms with Crippen LogP contribution in [0.1, 0.15) is 65.7 Å². The van der Waals surface area contributed by atoms with E-state index >= 15 is 0 Å². The molecule has 1 aromatic heterocycles. The van der Waals surface area contributed by atoms with Gasteiger partial charge in [0.2, 0.25) is 5.56 Å². The van der Waals surface area contributed by atoms with Crippen molar-refractivity contribution >= 4 is 7.92 Å². The van der Waals surface area contributed by atoms with Crippen molar-refractivity contribution in [2.75, 3.05) is 31.6 Å². The lowest BCUT2D eigenvalue weighted by molar-refractivity contribution is 0.527. The summed E-state index contributed by atoms with van der Waals surface area (Å²) in [4.78, 5) is 12.7. The predicted octanol–water partition coefficient (Wildman–Crippen LogP) is 5.22. The van der Waals surface area contributed by atoms with Crippen molar-refractivity contribution < 1.29 is 0 Å². The average Bonchev–Trinajstić information content (AvgIpc) is 2.54. The number of hydrogen-bond acceptors (Lipinski definition) is 2. The highest BCUT2D eigenvalue weighted by molar-refractivity contribution is 7.57. The molecule has 4 heteroatoms. The van der Waals surface area contributed by atoms with Crippen LogP contribution in [0.15, 0.2) is 29.2 Å². The second-order valence-corrected chi connectivity index (χ2v) is 8.92. The van der Waals surface area contributed by atoms with Crippen LogP contribution < -0.4 is 10.9 Å². The van der Waals surface area contributed by atoms with Crippen molar-refractivity contribution in [3.8, 4) is 0 Å². The summed E-state index contributed by atoms with van der Waals surface area (Å²) in [5.74, 6) is 0. The van der Waals surface area contributed by atoms with Gasteiger partial charge in [-0.05, 0) is 63.3 Å². The summed E-state index contributed by atoms with van der Waals surface area (Å²) >= 11 is 0. The highest BCUT2D eigenvalue weighted by Gasteiger charge is 2.05. The molecule has 1 aliphatic rings. The normalized spacial score (nSPS) is 12.5. The van der Waals surface area contributed by atoms with Gasteiger partial charge in [-0.1, -0.05) is 46.1 Å². The Hall–Kier alpha value is -0.660. The van der Waals surface area contributed by atoms with Crippen molar-refractivity contribution in [3.63, 3.8) is 0 Å². The standard InChI is InChI=1S/C12H27P.C5H5NO.C3H7N/c1-4-7-10-13(11-8-5-2)12-9-6-3;7-5-3-1-2-4-6-5;1-2-4-3-1/h4-12H2,1-3H3;1-4H,(H,6,7);4H,1-3H2. The molecule has 140 valence electrons. The predicted molar refractivity (Wildman–Crippen MR) is 111 cm³/mol. The van der Waals surface area contributed by atoms with Gasteiger partial charge in [-0.2, -0.15) is 0 Å². The SMILES string of the molecule is C1CNC1.CCCCP(CCCC)CCCC.O=c1cccc[nH]1. The number of aromatic nitrogens is 1. The Kier molecular flexibility index (Phi) is 18.2. The molecule has 0 atom stereocenters. The smallest absolute Gasteiger partial charge is 0.247 e. The highest BCUT2D eigenvalue weighted by Crippen LogP contribution is 2.38. The van der Waals surface area contributed by atoms with E-state index in [4.69, 9.17) is 0 Å². The first kappa shape index (κ1) is 23.3. The molecule has 0 aromatic carbocycles. The Balaban J connectivity index is 0.000000392. The van der Waals surface area contributed by atoms with Gasteiger partial charge in [-0.3, -0.25) is 4.79 Å². The Morgan fingerprint density at radius 1 is 0.917 bits per heavy atom. The van der Waals surface area contributed by atoms with Crippen LogP contribution in [0.5, 0.6) is 0 Å². The van der Waals surface area contributed by atoms with Gasteiger partial charge < -0.3 is 10.3 Å². The molecule has 2 heterocycles. The number of pyridine rings is 1. The van der Waals surface area contributed by atoms with E-state index in [9.17, 15) is 4.79 Å². The molecule has 0 amide bonds. The summed E-state index contributed by atoms with van der Waals surface area (Å²) in [6, 6.07) is 4.93. The number of hydrogen-bond donors (Lipinski definition) is 2. The lowest BCUT2D eigenvalue weighted by Gasteiger charge is -2.16. The van der Waals surface area contributed by atoms with E-state index in [1.807, 2.05) is 0 Å². The Morgan fingerprint density at radius 3 is 1.58 bits per heavy atom. The van der Waals surface area contributed by atoms with Crippen LogP contribution in [0, 0.1) is 0 Å². The largest absolute Gasteiger partial charge is 0.329 e. The third kappa shape index (κ3) is 16.2. The zero-order valence-corrected chi connectivity index (χ0v) is 17.0. The fraction of sp³-hybridized carbons (Fsp3) is 0.750. The molecule has 1 fully saturated rings. The van der Waals surface area contributed by atoms with Gasteiger partial charge in [0, 0.05) is 12.3 Å². The van der Waals surface area contributed by atoms with Crippen molar-refractivity contribution in [1.82, 2.24) is 10.3 Å². The van der Waals surface area contributed by atoms with Gasteiger partial charge in [0.15, 0.2) is 0 Å². The second kappa shape index (κ2) is 18.7. The van der Waals surface area contributed by atoms with E-state index in [2.05, 4.69) is 31.1 Å². The number of unbranched alkanes of at least 4 members (excludes halogenated alkanes) is 3. The maximum Gasteiger partial charge on any atom is 0.247 e. The van der Waals surface area contributed by atoms with E-state index in [-0.39, 0.29) is 5.56 Å². The van der Waals surface area contributed by atoms with Crippen molar-refractivity contribution in [2.45, 2.75) is 65.7 Å². The first-order chi connectivity index (χ1) is 11.7. The zero-order chi connectivity index (χ0) is 17.9. The second-order valence-electron chi connectivity index (χ2n) is 6.23. The van der Waals surface area contributed by atoms with Crippen LogP contribution in [-0.4, -0.2) is 36.6 Å². The first-order valence-corrected chi connectivity index (χ1v) is 11.7. The van der Waals surface area contributed by atoms with Crippen LogP contribution in [0.25, 0.3) is 0 Å².